The van der Waals surface area contributed by atoms with Crippen molar-refractivity contribution in [1.82, 2.24) is 50.6 Å². The fraction of sp³-hybridized carbons (Fsp3) is 0.462. The Bertz CT molecular complexity index is 2730. The average Bonchev–Trinajstić information content (AvgIpc) is 4.25. The van der Waals surface area contributed by atoms with Gasteiger partial charge in [0.15, 0.2) is 17.0 Å². The first-order chi connectivity index (χ1) is 36.5. The predicted molar refractivity (Wildman–Crippen MR) is 272 cm³/mol. The zero-order chi connectivity index (χ0) is 53.9. The lowest BCUT2D eigenvalue weighted by atomic mass is 9.91. The summed E-state index contributed by atoms with van der Waals surface area (Å²) in [6, 6.07) is 27.8. The molecule has 0 spiro atoms. The fourth-order valence-electron chi connectivity index (χ4n) is 9.96. The number of imidazole rings is 1. The maximum Gasteiger partial charge on any atom is 0.490 e. The van der Waals surface area contributed by atoms with Crippen molar-refractivity contribution in [3.05, 3.63) is 114 Å². The summed E-state index contributed by atoms with van der Waals surface area (Å²) in [6.07, 6.45) is -3.17. The number of likely N-dealkylation sites (tertiary alicyclic amines) is 2. The van der Waals surface area contributed by atoms with Gasteiger partial charge in [0, 0.05) is 76.3 Å². The van der Waals surface area contributed by atoms with Crippen LogP contribution in [0.5, 0.6) is 0 Å². The summed E-state index contributed by atoms with van der Waals surface area (Å²) in [4.78, 5) is 80.8. The second-order valence-corrected chi connectivity index (χ2v) is 19.3. The molecule has 9 rings (SSSR count). The van der Waals surface area contributed by atoms with Crippen molar-refractivity contribution in [2.75, 3.05) is 56.0 Å². The molecule has 0 radical (unpaired) electrons. The lowest BCUT2D eigenvalue weighted by molar-refractivity contribution is -0.192. The summed E-state index contributed by atoms with van der Waals surface area (Å²) in [5, 5.41) is 45.2. The van der Waals surface area contributed by atoms with Crippen molar-refractivity contribution in [3.63, 3.8) is 0 Å². The maximum atomic E-state index is 13.4. The Morgan fingerprint density at radius 3 is 1.93 bits per heavy atom. The SMILES string of the molecule is CCC(=O)N[C@H]1C[C@@H](n2cnc3c(NCC(c4ccccc4)c4ccccc4)nc(N4CC[C@@H](NC(=O)N[C@@H]5CCN(C(=O)NC6CCN(C(=O)OCc7ccccc7)CC6)C5)C4)nc32)[C@H](O)[C@@H]1O.O=C(O)C(F)(F)F. The van der Waals surface area contributed by atoms with Crippen LogP contribution in [0.15, 0.2) is 97.3 Å². The van der Waals surface area contributed by atoms with E-state index in [9.17, 15) is 42.6 Å². The smallest absolute Gasteiger partial charge is 0.475 e. The largest absolute Gasteiger partial charge is 0.490 e. The number of anilines is 2. The highest BCUT2D eigenvalue weighted by Gasteiger charge is 2.44. The van der Waals surface area contributed by atoms with Gasteiger partial charge >= 0.3 is 30.3 Å². The Morgan fingerprint density at radius 2 is 1.32 bits per heavy atom. The number of piperidine rings is 1. The molecule has 1 aliphatic carbocycles. The first-order valence-electron chi connectivity index (χ1n) is 25.4. The molecule has 2 aromatic heterocycles. The van der Waals surface area contributed by atoms with Crippen LogP contribution in [-0.4, -0.2) is 163 Å². The highest BCUT2D eigenvalue weighted by Crippen LogP contribution is 2.36. The minimum absolute atomic E-state index is 0.0223. The summed E-state index contributed by atoms with van der Waals surface area (Å²) >= 11 is 0. The number of fused-ring (bicyclic) bond motifs is 1. The lowest BCUT2D eigenvalue weighted by Gasteiger charge is -2.32. The molecule has 5 heterocycles. The van der Waals surface area contributed by atoms with Gasteiger partial charge in [0.2, 0.25) is 11.9 Å². The quantitative estimate of drug-likeness (QED) is 0.0748. The molecule has 0 unspecified atom stereocenters. The molecule has 4 fully saturated rings. The number of aliphatic hydroxyl groups excluding tert-OH is 2. The molecule has 21 nitrogen and oxygen atoms in total. The summed E-state index contributed by atoms with van der Waals surface area (Å²) < 4.78 is 39.0. The molecule has 3 aromatic carbocycles. The standard InChI is InChI=1S/C50H62N12O7.C2HF3O2/c1-2-41(63)56-39-26-40(44(65)43(39)64)62-31-52-42-45(51-27-38(33-14-8-4-9-15-33)34-16-10-5-11-17-34)57-47(58-46(42)62)60-24-20-36(28-60)53-48(66)54-37-21-25-61(29-37)49(67)55-35-18-22-59(23-19-35)50(68)69-30-32-12-6-3-7-13-32;3-2(4,5)1(6)7/h3-17,31,35-40,43-44,64-65H,2,18-30H2,1H3,(H,55,67)(H,56,63)(H,51,57,58)(H2,53,54,66);(H,6,7)/t36-,37-,39+,40-,43-,44+;/m1./s1. The number of nitrogens with one attached hydrogen (secondary N) is 5. The second-order valence-electron chi connectivity index (χ2n) is 19.3. The maximum absolute atomic E-state index is 13.4. The van der Waals surface area contributed by atoms with Crippen LogP contribution in [0.1, 0.15) is 74.1 Å². The number of carboxylic acids is 1. The van der Waals surface area contributed by atoms with Crippen LogP contribution in [0.3, 0.4) is 0 Å². The highest BCUT2D eigenvalue weighted by atomic mass is 19.4. The van der Waals surface area contributed by atoms with Crippen LogP contribution < -0.4 is 31.5 Å². The number of nitrogens with zero attached hydrogens (tertiary/aromatic N) is 7. The number of urea groups is 2. The highest BCUT2D eigenvalue weighted by molar-refractivity contribution is 5.85. The molecule has 3 saturated heterocycles. The normalized spacial score (nSPS) is 21.7. The van der Waals surface area contributed by atoms with Gasteiger partial charge in [0.05, 0.1) is 18.4 Å². The number of carboxylic acid groups (broad SMARTS) is 1. The molecule has 6 atom stereocenters. The Kier molecular flexibility index (Phi) is 17.8. The van der Waals surface area contributed by atoms with E-state index in [0.717, 1.165) is 16.7 Å². The molecule has 406 valence electrons. The van der Waals surface area contributed by atoms with Crippen LogP contribution in [0.25, 0.3) is 11.2 Å². The van der Waals surface area contributed by atoms with E-state index in [1.54, 1.807) is 27.6 Å². The zero-order valence-corrected chi connectivity index (χ0v) is 41.8. The van der Waals surface area contributed by atoms with E-state index < -0.39 is 36.4 Å². The van der Waals surface area contributed by atoms with E-state index in [4.69, 9.17) is 29.6 Å². The minimum atomic E-state index is -5.08. The topological polar surface area (TPSA) is 269 Å². The van der Waals surface area contributed by atoms with E-state index in [1.165, 1.54) is 0 Å². The van der Waals surface area contributed by atoms with Gasteiger partial charge in [-0.05, 0) is 48.8 Å². The number of amides is 6. The molecular weight excluding hydrogens is 994 g/mol. The average molecular weight is 1060 g/mol. The molecule has 1 saturated carbocycles. The van der Waals surface area contributed by atoms with Crippen LogP contribution in [0, 0.1) is 0 Å². The number of hydrogen-bond donors (Lipinski definition) is 8. The van der Waals surface area contributed by atoms with Gasteiger partial charge in [0.1, 0.15) is 18.8 Å². The van der Waals surface area contributed by atoms with E-state index >= 15 is 0 Å². The molecule has 24 heteroatoms. The molecule has 6 amide bonds. The number of halogens is 3. The molecular formula is C52H63F3N12O9. The number of aliphatic carboxylic acids is 1. The first kappa shape index (κ1) is 54.5. The van der Waals surface area contributed by atoms with Crippen LogP contribution in [0.2, 0.25) is 0 Å². The van der Waals surface area contributed by atoms with Gasteiger partial charge in [-0.1, -0.05) is 97.9 Å². The minimum Gasteiger partial charge on any atom is -0.475 e. The van der Waals surface area contributed by atoms with Gasteiger partial charge < -0.3 is 65.9 Å². The monoisotopic (exact) mass is 1060 g/mol. The lowest BCUT2D eigenvalue weighted by Crippen LogP contribution is -2.51. The Hall–Kier alpha value is -7.73. The number of carbonyl (C=O) groups excluding carboxylic acids is 4. The Morgan fingerprint density at radius 1 is 0.737 bits per heavy atom. The van der Waals surface area contributed by atoms with E-state index in [0.29, 0.717) is 94.4 Å². The number of benzene rings is 3. The molecule has 8 N–H and O–H groups in total. The first-order valence-corrected chi connectivity index (χ1v) is 25.4. The van der Waals surface area contributed by atoms with Crippen LogP contribution >= 0.6 is 0 Å². The van der Waals surface area contributed by atoms with Gasteiger partial charge in [-0.25, -0.2) is 24.2 Å². The zero-order valence-electron chi connectivity index (χ0n) is 41.8. The van der Waals surface area contributed by atoms with Crippen molar-refractivity contribution >= 4 is 53.0 Å². The third-order valence-corrected chi connectivity index (χ3v) is 14.1. The third-order valence-electron chi connectivity index (χ3n) is 14.1. The van der Waals surface area contributed by atoms with Gasteiger partial charge in [-0.15, -0.1) is 0 Å². The molecule has 0 bridgehead atoms. The number of ether oxygens (including phenoxy) is 1. The molecule has 3 aliphatic heterocycles. The van der Waals surface area contributed by atoms with Gasteiger partial charge in [-0.2, -0.15) is 23.1 Å². The summed E-state index contributed by atoms with van der Waals surface area (Å²) in [5.74, 6) is -2.07. The van der Waals surface area contributed by atoms with Crippen molar-refractivity contribution < 1.29 is 57.2 Å². The Labute approximate surface area is 436 Å². The fourth-order valence-corrected chi connectivity index (χ4v) is 9.96. The van der Waals surface area contributed by atoms with Gasteiger partial charge in [0.25, 0.3) is 0 Å². The van der Waals surface area contributed by atoms with Crippen molar-refractivity contribution in [2.24, 2.45) is 0 Å². The van der Waals surface area contributed by atoms with Crippen molar-refractivity contribution in [1.29, 1.82) is 0 Å². The number of alkyl halides is 3. The van der Waals surface area contributed by atoms with E-state index in [1.807, 2.05) is 71.6 Å². The van der Waals surface area contributed by atoms with Gasteiger partial charge in [-0.3, -0.25) is 4.79 Å². The van der Waals surface area contributed by atoms with Crippen molar-refractivity contribution in [3.8, 4) is 0 Å². The third kappa shape index (κ3) is 13.8. The summed E-state index contributed by atoms with van der Waals surface area (Å²) in [6.45, 7) is 5.30. The van der Waals surface area contributed by atoms with Crippen LogP contribution in [-0.2, 0) is 20.9 Å². The number of aliphatic hydroxyl groups is 2. The molecule has 5 aromatic rings. The van der Waals surface area contributed by atoms with Crippen molar-refractivity contribution in [2.45, 2.75) is 107 Å². The number of rotatable bonds is 14. The van der Waals surface area contributed by atoms with Crippen LogP contribution in [0.4, 0.5) is 39.3 Å². The molecule has 4 aliphatic rings. The number of hydrogen-bond acceptors (Lipinski definition) is 13. The Balaban J connectivity index is 0.00000102. The number of aromatic nitrogens is 4. The number of carbonyl (C=O) groups is 5. The molecule has 76 heavy (non-hydrogen) atoms. The summed E-state index contributed by atoms with van der Waals surface area (Å²) in [5.41, 5.74) is 4.14. The second kappa shape index (κ2) is 24.7. The summed E-state index contributed by atoms with van der Waals surface area (Å²) in [7, 11) is 0. The van der Waals surface area contributed by atoms with E-state index in [2.05, 4.69) is 50.8 Å². The van der Waals surface area contributed by atoms with E-state index in [-0.39, 0.29) is 67.6 Å². The predicted octanol–water partition coefficient (Wildman–Crippen LogP) is 4.73.